The van der Waals surface area contributed by atoms with Crippen LogP contribution in [0.5, 0.6) is 5.75 Å². The summed E-state index contributed by atoms with van der Waals surface area (Å²) >= 11 is 0. The van der Waals surface area contributed by atoms with Crippen molar-refractivity contribution in [2.24, 2.45) is 5.73 Å². The molecule has 1 heterocycles. The first-order chi connectivity index (χ1) is 9.81. The maximum Gasteiger partial charge on any atom is 0.260 e. The van der Waals surface area contributed by atoms with E-state index in [9.17, 15) is 4.79 Å². The van der Waals surface area contributed by atoms with Gasteiger partial charge >= 0.3 is 0 Å². The molecule has 1 amide bonds. The van der Waals surface area contributed by atoms with E-state index in [1.807, 2.05) is 29.2 Å². The summed E-state index contributed by atoms with van der Waals surface area (Å²) in [6.07, 6.45) is 5.44. The molecule has 1 aliphatic rings. The van der Waals surface area contributed by atoms with Crippen LogP contribution in [0.3, 0.4) is 0 Å². The number of ether oxygens (including phenoxy) is 1. The first-order valence-corrected chi connectivity index (χ1v) is 7.50. The quantitative estimate of drug-likeness (QED) is 0.894. The monoisotopic (exact) mass is 276 g/mol. The Balaban J connectivity index is 1.89. The Labute approximate surface area is 120 Å². The molecule has 4 nitrogen and oxygen atoms in total. The van der Waals surface area contributed by atoms with Gasteiger partial charge in [0.2, 0.25) is 0 Å². The van der Waals surface area contributed by atoms with E-state index in [2.05, 4.69) is 0 Å². The maximum absolute atomic E-state index is 12.2. The van der Waals surface area contributed by atoms with Crippen molar-refractivity contribution < 1.29 is 9.53 Å². The summed E-state index contributed by atoms with van der Waals surface area (Å²) in [7, 11) is 0. The predicted molar refractivity (Wildman–Crippen MR) is 79.7 cm³/mol. The molecule has 2 N–H and O–H groups in total. The number of carbonyl (C=O) groups excluding carboxylic acids is 1. The third-order valence-electron chi connectivity index (χ3n) is 3.70. The van der Waals surface area contributed by atoms with Crippen molar-refractivity contribution in [1.29, 1.82) is 0 Å². The Morgan fingerprint density at radius 1 is 1.15 bits per heavy atom. The Hall–Kier alpha value is -1.55. The van der Waals surface area contributed by atoms with E-state index < -0.39 is 0 Å². The second-order valence-electron chi connectivity index (χ2n) is 5.23. The lowest BCUT2D eigenvalue weighted by Crippen LogP contribution is -2.35. The first kappa shape index (κ1) is 14.9. The largest absolute Gasteiger partial charge is 0.483 e. The molecule has 0 spiro atoms. The zero-order chi connectivity index (χ0) is 14.2. The molecule has 0 saturated carbocycles. The molecule has 1 aromatic carbocycles. The number of amides is 1. The van der Waals surface area contributed by atoms with Crippen molar-refractivity contribution in [3.63, 3.8) is 0 Å². The van der Waals surface area contributed by atoms with Crippen LogP contribution in [-0.2, 0) is 11.2 Å². The van der Waals surface area contributed by atoms with Gasteiger partial charge in [0, 0.05) is 13.1 Å². The fourth-order valence-corrected chi connectivity index (χ4v) is 2.56. The summed E-state index contributed by atoms with van der Waals surface area (Å²) in [5.41, 5.74) is 6.66. The fourth-order valence-electron chi connectivity index (χ4n) is 2.56. The minimum atomic E-state index is 0.0921. The van der Waals surface area contributed by atoms with Gasteiger partial charge in [-0.05, 0) is 37.4 Å². The van der Waals surface area contributed by atoms with Crippen molar-refractivity contribution in [2.45, 2.75) is 32.1 Å². The third-order valence-corrected chi connectivity index (χ3v) is 3.70. The lowest BCUT2D eigenvalue weighted by Gasteiger charge is -2.20. The summed E-state index contributed by atoms with van der Waals surface area (Å²) in [6, 6.07) is 7.79. The van der Waals surface area contributed by atoms with Gasteiger partial charge in [0.1, 0.15) is 5.75 Å². The molecule has 20 heavy (non-hydrogen) atoms. The molecule has 0 atom stereocenters. The van der Waals surface area contributed by atoms with Gasteiger partial charge < -0.3 is 15.4 Å². The van der Waals surface area contributed by atoms with Gasteiger partial charge in [0.05, 0.1) is 0 Å². The van der Waals surface area contributed by atoms with E-state index in [0.717, 1.165) is 43.7 Å². The topological polar surface area (TPSA) is 55.6 Å². The molecule has 0 aliphatic carbocycles. The second-order valence-corrected chi connectivity index (χ2v) is 5.23. The first-order valence-electron chi connectivity index (χ1n) is 7.50. The summed E-state index contributed by atoms with van der Waals surface area (Å²) < 4.78 is 5.70. The van der Waals surface area contributed by atoms with E-state index in [1.165, 1.54) is 12.8 Å². The molecule has 2 rings (SSSR count). The normalized spacial score (nSPS) is 15.8. The number of nitrogens with zero attached hydrogens (tertiary/aromatic N) is 1. The summed E-state index contributed by atoms with van der Waals surface area (Å²) in [5, 5.41) is 0. The van der Waals surface area contributed by atoms with Crippen LogP contribution >= 0.6 is 0 Å². The van der Waals surface area contributed by atoms with Gasteiger partial charge in [0.15, 0.2) is 6.61 Å². The van der Waals surface area contributed by atoms with Crippen LogP contribution in [0.2, 0.25) is 0 Å². The highest BCUT2D eigenvalue weighted by Gasteiger charge is 2.16. The molecule has 0 radical (unpaired) electrons. The SMILES string of the molecule is NCCc1ccccc1OCC(=O)N1CCCCCC1. The van der Waals surface area contributed by atoms with Gasteiger partial charge in [-0.15, -0.1) is 0 Å². The molecule has 110 valence electrons. The van der Waals surface area contributed by atoms with E-state index in [4.69, 9.17) is 10.5 Å². The number of para-hydroxylation sites is 1. The number of likely N-dealkylation sites (tertiary alicyclic amines) is 1. The predicted octanol–water partition coefficient (Wildman–Crippen LogP) is 1.97. The highest BCUT2D eigenvalue weighted by molar-refractivity contribution is 5.77. The van der Waals surface area contributed by atoms with E-state index >= 15 is 0 Å². The second kappa shape index (κ2) is 7.90. The van der Waals surface area contributed by atoms with Crippen molar-refractivity contribution in [3.8, 4) is 5.75 Å². The van der Waals surface area contributed by atoms with Gasteiger partial charge in [-0.2, -0.15) is 0 Å². The number of hydrogen-bond donors (Lipinski definition) is 1. The molecule has 1 aliphatic heterocycles. The van der Waals surface area contributed by atoms with Crippen LogP contribution in [0.25, 0.3) is 0 Å². The fraction of sp³-hybridized carbons (Fsp3) is 0.562. The van der Waals surface area contributed by atoms with Crippen LogP contribution in [0, 0.1) is 0 Å². The highest BCUT2D eigenvalue weighted by atomic mass is 16.5. The highest BCUT2D eigenvalue weighted by Crippen LogP contribution is 2.18. The number of hydrogen-bond acceptors (Lipinski definition) is 3. The molecule has 1 saturated heterocycles. The zero-order valence-corrected chi connectivity index (χ0v) is 12.0. The third kappa shape index (κ3) is 4.23. The molecule has 1 aromatic rings. The minimum Gasteiger partial charge on any atom is -0.483 e. The number of nitrogens with two attached hydrogens (primary N) is 1. The van der Waals surface area contributed by atoms with E-state index in [-0.39, 0.29) is 12.5 Å². The number of rotatable bonds is 5. The number of benzene rings is 1. The summed E-state index contributed by atoms with van der Waals surface area (Å²) in [6.45, 7) is 2.45. The Bertz CT molecular complexity index is 426. The van der Waals surface area contributed by atoms with Crippen LogP contribution in [0.4, 0.5) is 0 Å². The van der Waals surface area contributed by atoms with Crippen LogP contribution in [-0.4, -0.2) is 37.0 Å². The molecule has 1 fully saturated rings. The van der Waals surface area contributed by atoms with E-state index in [0.29, 0.717) is 6.54 Å². The molecule has 0 unspecified atom stereocenters. The zero-order valence-electron chi connectivity index (χ0n) is 12.0. The summed E-state index contributed by atoms with van der Waals surface area (Å²) in [5.74, 6) is 0.871. The van der Waals surface area contributed by atoms with Crippen LogP contribution in [0.1, 0.15) is 31.2 Å². The average Bonchev–Trinajstić information content (AvgIpc) is 2.75. The lowest BCUT2D eigenvalue weighted by atomic mass is 10.1. The smallest absolute Gasteiger partial charge is 0.260 e. The van der Waals surface area contributed by atoms with Crippen molar-refractivity contribution in [2.75, 3.05) is 26.2 Å². The molecule has 0 aromatic heterocycles. The maximum atomic E-state index is 12.2. The van der Waals surface area contributed by atoms with Gasteiger partial charge in [-0.3, -0.25) is 4.79 Å². The number of carbonyl (C=O) groups is 1. The molecule has 4 heteroatoms. The van der Waals surface area contributed by atoms with Crippen LogP contribution in [0.15, 0.2) is 24.3 Å². The molecular weight excluding hydrogens is 252 g/mol. The average molecular weight is 276 g/mol. The van der Waals surface area contributed by atoms with Gasteiger partial charge in [0.25, 0.3) is 5.91 Å². The van der Waals surface area contributed by atoms with Crippen LogP contribution < -0.4 is 10.5 Å². The minimum absolute atomic E-state index is 0.0921. The van der Waals surface area contributed by atoms with Gasteiger partial charge in [-0.1, -0.05) is 31.0 Å². The lowest BCUT2D eigenvalue weighted by molar-refractivity contribution is -0.133. The Morgan fingerprint density at radius 3 is 2.55 bits per heavy atom. The standard InChI is InChI=1S/C16H24N2O2/c17-10-9-14-7-3-4-8-15(14)20-13-16(19)18-11-5-1-2-6-12-18/h3-4,7-8H,1-2,5-6,9-13,17H2. The molecular formula is C16H24N2O2. The van der Waals surface area contributed by atoms with Crippen molar-refractivity contribution in [1.82, 2.24) is 4.90 Å². The Morgan fingerprint density at radius 2 is 1.85 bits per heavy atom. The van der Waals surface area contributed by atoms with Crippen molar-refractivity contribution in [3.05, 3.63) is 29.8 Å². The Kier molecular flexibility index (Phi) is 5.87. The van der Waals surface area contributed by atoms with Gasteiger partial charge in [-0.25, -0.2) is 0 Å². The molecule has 0 bridgehead atoms. The summed E-state index contributed by atoms with van der Waals surface area (Å²) in [4.78, 5) is 14.1. The van der Waals surface area contributed by atoms with E-state index in [1.54, 1.807) is 0 Å². The van der Waals surface area contributed by atoms with Crippen molar-refractivity contribution >= 4 is 5.91 Å².